The number of carbonyl (C=O) groups is 4. The number of esters is 4. The maximum atomic E-state index is 12.5. The molecule has 4 aliphatic carbocycles. The van der Waals surface area contributed by atoms with Crippen molar-refractivity contribution in [1.82, 2.24) is 0 Å². The lowest BCUT2D eigenvalue weighted by Gasteiger charge is -2.64. The van der Waals surface area contributed by atoms with E-state index >= 15 is 0 Å². The van der Waals surface area contributed by atoms with Crippen LogP contribution in [0.5, 0.6) is 0 Å². The fourth-order valence-electron chi connectivity index (χ4n) is 10.00. The molecular weight excluding hydrogens is 592 g/mol. The summed E-state index contributed by atoms with van der Waals surface area (Å²) in [6.45, 7) is 10.5. The van der Waals surface area contributed by atoms with E-state index < -0.39 is 33.9 Å². The van der Waals surface area contributed by atoms with E-state index in [-0.39, 0.29) is 83.6 Å². The summed E-state index contributed by atoms with van der Waals surface area (Å²) in [5.41, 5.74) is -0.495. The van der Waals surface area contributed by atoms with Gasteiger partial charge in [-0.3, -0.25) is 23.7 Å². The molecule has 0 saturated heterocycles. The number of hydrogen-bond acceptors (Lipinski definition) is 10. The van der Waals surface area contributed by atoms with Gasteiger partial charge in [-0.1, -0.05) is 20.8 Å². The molecule has 0 amide bonds. The van der Waals surface area contributed by atoms with Gasteiger partial charge in [-0.15, -0.1) is 0 Å². The Kier molecular flexibility index (Phi) is 10.4. The summed E-state index contributed by atoms with van der Waals surface area (Å²) in [5.74, 6) is -1.33. The Hall–Kier alpha value is -2.21. The molecule has 0 radical (unpaired) electrons. The highest BCUT2D eigenvalue weighted by Gasteiger charge is 2.67. The van der Waals surface area contributed by atoms with E-state index in [0.717, 1.165) is 32.1 Å². The number of rotatable bonds is 10. The predicted octanol–water partition coefficient (Wildman–Crippen LogP) is 4.51. The van der Waals surface area contributed by atoms with Crippen LogP contribution in [-0.4, -0.2) is 67.5 Å². The SMILES string of the molecule is CC(=O)OC1CCC2(C)C(C1)CC(OC(C)=O)C1[C@@H]2CC(OC(C)=O)C2(C)C([C@H](C)CCC(=O)OCCS(=O)(=O)O)CC[C@@H]12. The summed E-state index contributed by atoms with van der Waals surface area (Å²) in [5, 5.41) is 0. The zero-order valence-electron chi connectivity index (χ0n) is 26.9. The highest BCUT2D eigenvalue weighted by atomic mass is 32.2. The summed E-state index contributed by atoms with van der Waals surface area (Å²) >= 11 is 0. The van der Waals surface area contributed by atoms with Crippen LogP contribution >= 0.6 is 0 Å². The zero-order chi connectivity index (χ0) is 32.6. The van der Waals surface area contributed by atoms with Crippen molar-refractivity contribution in [1.29, 1.82) is 0 Å². The maximum Gasteiger partial charge on any atom is 0.305 e. The monoisotopic (exact) mass is 642 g/mol. The molecule has 0 bridgehead atoms. The van der Waals surface area contributed by atoms with Gasteiger partial charge in [0.2, 0.25) is 0 Å². The third-order valence-corrected chi connectivity index (χ3v) is 12.5. The summed E-state index contributed by atoms with van der Waals surface area (Å²) in [7, 11) is -4.21. The molecule has 44 heavy (non-hydrogen) atoms. The Bertz CT molecular complexity index is 1220. The molecule has 4 rings (SSSR count). The van der Waals surface area contributed by atoms with E-state index in [1.165, 1.54) is 20.8 Å². The average Bonchev–Trinajstić information content (AvgIpc) is 3.25. The van der Waals surface area contributed by atoms with Gasteiger partial charge in [0, 0.05) is 38.5 Å². The lowest BCUT2D eigenvalue weighted by molar-refractivity contribution is -0.224. The van der Waals surface area contributed by atoms with Crippen LogP contribution in [0.15, 0.2) is 0 Å². The Morgan fingerprint density at radius 3 is 2.16 bits per heavy atom. The molecule has 0 aromatic heterocycles. The molecule has 0 spiro atoms. The topological polar surface area (TPSA) is 160 Å². The molecule has 0 aromatic rings. The zero-order valence-corrected chi connectivity index (χ0v) is 27.7. The van der Waals surface area contributed by atoms with Gasteiger partial charge in [0.05, 0.1) is 0 Å². The lowest BCUT2D eigenvalue weighted by atomic mass is 9.43. The van der Waals surface area contributed by atoms with Crippen LogP contribution in [-0.2, 0) is 48.2 Å². The summed E-state index contributed by atoms with van der Waals surface area (Å²) < 4.78 is 53.7. The first kappa shape index (κ1) is 34.7. The molecule has 4 aliphatic rings. The Morgan fingerprint density at radius 1 is 0.886 bits per heavy atom. The van der Waals surface area contributed by atoms with Crippen LogP contribution in [0.3, 0.4) is 0 Å². The van der Waals surface area contributed by atoms with Crippen molar-refractivity contribution < 1.29 is 51.1 Å². The smallest absolute Gasteiger partial charge is 0.305 e. The Balaban J connectivity index is 1.59. The molecular formula is C32H50O11S. The lowest BCUT2D eigenvalue weighted by Crippen LogP contribution is -2.63. The largest absolute Gasteiger partial charge is 0.464 e. The Labute approximate surface area is 261 Å². The molecule has 0 aliphatic heterocycles. The fourth-order valence-corrected chi connectivity index (χ4v) is 10.3. The summed E-state index contributed by atoms with van der Waals surface area (Å²) in [4.78, 5) is 49.1. The minimum absolute atomic E-state index is 0.0759. The van der Waals surface area contributed by atoms with Gasteiger partial charge < -0.3 is 18.9 Å². The normalized spacial score (nSPS) is 38.7. The van der Waals surface area contributed by atoms with Crippen molar-refractivity contribution in [3.63, 3.8) is 0 Å². The van der Waals surface area contributed by atoms with Gasteiger partial charge in [0.1, 0.15) is 30.7 Å². The standard InChI is InChI=1S/C32H50O11S/c1-18(7-10-29(36)40-13-14-44(37,38)39)24-8-9-25-30-26(17-28(32(24,25)6)43-21(4)35)31(5)12-11-23(41-19(2)33)15-22(31)16-27(30)42-20(3)34/h18,22-28,30H,7-17H2,1-6H3,(H,37,38,39)/t18-,22?,23?,24?,25+,26+,27?,28?,30?,31?,32?/m1/s1. The van der Waals surface area contributed by atoms with Crippen LogP contribution in [0.25, 0.3) is 0 Å². The van der Waals surface area contributed by atoms with Crippen LogP contribution in [0, 0.1) is 46.3 Å². The number of fused-ring (bicyclic) bond motifs is 5. The maximum absolute atomic E-state index is 12.5. The van der Waals surface area contributed by atoms with Crippen molar-refractivity contribution >= 4 is 34.0 Å². The molecule has 0 aromatic carbocycles. The molecule has 8 unspecified atom stereocenters. The third-order valence-electron chi connectivity index (χ3n) is 11.8. The van der Waals surface area contributed by atoms with Crippen LogP contribution in [0.2, 0.25) is 0 Å². The second kappa shape index (κ2) is 13.3. The highest BCUT2D eigenvalue weighted by Crippen LogP contribution is 2.69. The molecule has 250 valence electrons. The predicted molar refractivity (Wildman–Crippen MR) is 158 cm³/mol. The fraction of sp³-hybridized carbons (Fsp3) is 0.875. The van der Waals surface area contributed by atoms with E-state index in [9.17, 15) is 27.6 Å². The van der Waals surface area contributed by atoms with Gasteiger partial charge >= 0.3 is 23.9 Å². The summed E-state index contributed by atoms with van der Waals surface area (Å²) in [6, 6.07) is 0. The van der Waals surface area contributed by atoms with Crippen molar-refractivity contribution in [3.05, 3.63) is 0 Å². The molecule has 4 fully saturated rings. The molecule has 4 saturated carbocycles. The molecule has 1 N–H and O–H groups in total. The third kappa shape index (κ3) is 7.26. The van der Waals surface area contributed by atoms with Crippen LogP contribution in [0.4, 0.5) is 0 Å². The summed E-state index contributed by atoms with van der Waals surface area (Å²) in [6.07, 6.45) is 5.32. The van der Waals surface area contributed by atoms with Crippen molar-refractivity contribution in [2.75, 3.05) is 12.4 Å². The minimum Gasteiger partial charge on any atom is -0.464 e. The van der Waals surface area contributed by atoms with Crippen LogP contribution in [0.1, 0.15) is 99.3 Å². The van der Waals surface area contributed by atoms with Gasteiger partial charge in [-0.2, -0.15) is 8.42 Å². The van der Waals surface area contributed by atoms with E-state index in [1.54, 1.807) is 0 Å². The molecule has 11 nitrogen and oxygen atoms in total. The van der Waals surface area contributed by atoms with Gasteiger partial charge in [0.15, 0.2) is 0 Å². The molecule has 11 atom stereocenters. The first-order valence-corrected chi connectivity index (χ1v) is 17.7. The van der Waals surface area contributed by atoms with Crippen molar-refractivity contribution in [3.8, 4) is 0 Å². The number of hydrogen-bond donors (Lipinski definition) is 1. The van der Waals surface area contributed by atoms with E-state index in [0.29, 0.717) is 19.3 Å². The number of carbonyl (C=O) groups excluding carboxylic acids is 4. The first-order chi connectivity index (χ1) is 20.5. The average molecular weight is 643 g/mol. The minimum atomic E-state index is -4.21. The van der Waals surface area contributed by atoms with E-state index in [4.69, 9.17) is 23.5 Å². The second-order valence-electron chi connectivity index (χ2n) is 14.3. The van der Waals surface area contributed by atoms with E-state index in [1.807, 2.05) is 0 Å². The van der Waals surface area contributed by atoms with E-state index in [2.05, 4.69) is 20.8 Å². The van der Waals surface area contributed by atoms with Gasteiger partial charge in [-0.25, -0.2) is 0 Å². The number of ether oxygens (including phenoxy) is 4. The molecule has 0 heterocycles. The van der Waals surface area contributed by atoms with Crippen LogP contribution < -0.4 is 0 Å². The van der Waals surface area contributed by atoms with Gasteiger partial charge in [0.25, 0.3) is 10.1 Å². The Morgan fingerprint density at radius 2 is 1.55 bits per heavy atom. The van der Waals surface area contributed by atoms with Gasteiger partial charge in [-0.05, 0) is 86.4 Å². The highest BCUT2D eigenvalue weighted by molar-refractivity contribution is 7.85. The van der Waals surface area contributed by atoms with Crippen molar-refractivity contribution in [2.45, 2.75) is 118 Å². The second-order valence-corrected chi connectivity index (χ2v) is 15.9. The first-order valence-electron chi connectivity index (χ1n) is 16.1. The van der Waals surface area contributed by atoms with Crippen molar-refractivity contribution in [2.24, 2.45) is 46.3 Å². The quantitative estimate of drug-likeness (QED) is 0.203. The molecule has 12 heteroatoms.